The highest BCUT2D eigenvalue weighted by Gasteiger charge is 2.18. The zero-order valence-electron chi connectivity index (χ0n) is 13.2. The first-order valence-electron chi connectivity index (χ1n) is 6.64. The van der Waals surface area contributed by atoms with Crippen LogP contribution in [0.4, 0.5) is 5.69 Å². The number of rotatable bonds is 7. The predicted octanol–water partition coefficient (Wildman–Crippen LogP) is 3.40. The lowest BCUT2D eigenvalue weighted by atomic mass is 10.2. The summed E-state index contributed by atoms with van der Waals surface area (Å²) in [6, 6.07) is 5.25. The molecule has 0 saturated heterocycles. The second-order valence-electron chi connectivity index (χ2n) is 4.36. The fourth-order valence-electron chi connectivity index (χ4n) is 1.69. The summed E-state index contributed by atoms with van der Waals surface area (Å²) in [7, 11) is 3.13. The third kappa shape index (κ3) is 4.76. The largest absolute Gasteiger partial charge is 0.493 e. The second kappa shape index (κ2) is 8.42. The van der Waals surface area contributed by atoms with Gasteiger partial charge >= 0.3 is 0 Å². The average molecular weight is 372 g/mol. The number of benzene rings is 1. The van der Waals surface area contributed by atoms with Gasteiger partial charge in [0.15, 0.2) is 20.2 Å². The van der Waals surface area contributed by atoms with Crippen molar-refractivity contribution in [2.45, 2.75) is 20.9 Å². The Morgan fingerprint density at radius 1 is 1.22 bits per heavy atom. The van der Waals surface area contributed by atoms with Crippen LogP contribution in [-0.2, 0) is 4.79 Å². The molecular weight excluding hydrogens is 354 g/mol. The first kappa shape index (κ1) is 17.9. The normalized spacial score (nSPS) is 11.8. The first-order valence-corrected chi connectivity index (χ1v) is 9.56. The molecule has 1 N–H and O–H groups in total. The molecule has 0 spiro atoms. The molecule has 0 saturated carbocycles. The zero-order valence-corrected chi connectivity index (χ0v) is 15.6. The number of amides is 1. The fraction of sp³-hybridized carbons (Fsp3) is 0.357. The van der Waals surface area contributed by atoms with E-state index in [1.165, 1.54) is 23.1 Å². The zero-order chi connectivity index (χ0) is 16.8. The Morgan fingerprint density at radius 2 is 1.91 bits per heavy atom. The van der Waals surface area contributed by atoms with Gasteiger partial charge in [0.25, 0.3) is 0 Å². The summed E-state index contributed by atoms with van der Waals surface area (Å²) in [5, 5.41) is 10.7. The molecule has 6 nitrogen and oxygen atoms in total. The van der Waals surface area contributed by atoms with E-state index < -0.39 is 0 Å². The van der Waals surface area contributed by atoms with Crippen LogP contribution in [0.5, 0.6) is 11.5 Å². The fourth-order valence-corrected chi connectivity index (χ4v) is 4.27. The van der Waals surface area contributed by atoms with Crippen molar-refractivity contribution < 1.29 is 14.3 Å². The van der Waals surface area contributed by atoms with Gasteiger partial charge in [0, 0.05) is 11.8 Å². The number of hydrogen-bond donors (Lipinski definition) is 1. The molecule has 1 aromatic heterocycles. The van der Waals surface area contributed by atoms with E-state index in [1.54, 1.807) is 44.2 Å². The number of nitrogens with one attached hydrogen (secondary N) is 1. The van der Waals surface area contributed by atoms with Crippen LogP contribution in [-0.4, -0.2) is 41.8 Å². The monoisotopic (exact) mass is 371 g/mol. The van der Waals surface area contributed by atoms with E-state index in [4.69, 9.17) is 9.47 Å². The molecule has 9 heteroatoms. The van der Waals surface area contributed by atoms with Crippen LogP contribution in [0.2, 0.25) is 0 Å². The molecule has 0 bridgehead atoms. The highest BCUT2D eigenvalue weighted by molar-refractivity contribution is 8.03. The summed E-state index contributed by atoms with van der Waals surface area (Å²) in [5.41, 5.74) is 0.655. The quantitative estimate of drug-likeness (QED) is 0.748. The summed E-state index contributed by atoms with van der Waals surface area (Å²) in [6.07, 6.45) is 1.95. The van der Waals surface area contributed by atoms with Crippen molar-refractivity contribution >= 4 is 46.5 Å². The molecule has 1 heterocycles. The number of carbonyl (C=O) groups excluding carboxylic acids is 1. The number of aromatic nitrogens is 2. The van der Waals surface area contributed by atoms with E-state index in [2.05, 4.69) is 15.5 Å². The molecule has 0 aliphatic carbocycles. The van der Waals surface area contributed by atoms with E-state index in [-0.39, 0.29) is 11.2 Å². The predicted molar refractivity (Wildman–Crippen MR) is 95.2 cm³/mol. The molecule has 1 amide bonds. The number of anilines is 1. The third-order valence-corrected chi connectivity index (χ3v) is 5.94. The maximum absolute atomic E-state index is 12.3. The Hall–Kier alpha value is -1.45. The summed E-state index contributed by atoms with van der Waals surface area (Å²) < 4.78 is 12.1. The van der Waals surface area contributed by atoms with E-state index in [9.17, 15) is 4.79 Å². The lowest BCUT2D eigenvalue weighted by Crippen LogP contribution is -2.22. The molecular formula is C14H17N3O3S3. The van der Waals surface area contributed by atoms with Gasteiger partial charge in [-0.25, -0.2) is 0 Å². The van der Waals surface area contributed by atoms with Gasteiger partial charge in [0.2, 0.25) is 5.91 Å². The van der Waals surface area contributed by atoms with Crippen LogP contribution in [0.1, 0.15) is 6.92 Å². The van der Waals surface area contributed by atoms with Gasteiger partial charge in [-0.05, 0) is 25.3 Å². The lowest BCUT2D eigenvalue weighted by Gasteiger charge is -2.13. The molecule has 0 radical (unpaired) electrons. The topological polar surface area (TPSA) is 73.3 Å². The minimum atomic E-state index is -0.286. The van der Waals surface area contributed by atoms with Gasteiger partial charge in [-0.3, -0.25) is 4.79 Å². The number of nitrogens with zero attached hydrogens (tertiary/aromatic N) is 2. The van der Waals surface area contributed by atoms with E-state index >= 15 is 0 Å². The van der Waals surface area contributed by atoms with Crippen molar-refractivity contribution in [3.05, 3.63) is 18.2 Å². The molecule has 0 fully saturated rings. The van der Waals surface area contributed by atoms with E-state index in [0.29, 0.717) is 17.2 Å². The van der Waals surface area contributed by atoms with Gasteiger partial charge in [-0.15, -0.1) is 10.2 Å². The molecule has 2 aromatic rings. The standard InChI is InChI=1S/C14H17N3O3S3/c1-8(22-14-17-16-13(21-4)23-14)12(18)15-9-5-6-10(19-2)11(7-9)20-3/h5-8H,1-4H3,(H,15,18). The van der Waals surface area contributed by atoms with Crippen LogP contribution in [0.25, 0.3) is 0 Å². The summed E-state index contributed by atoms with van der Waals surface area (Å²) in [5.74, 6) is 1.08. The highest BCUT2D eigenvalue weighted by Crippen LogP contribution is 2.32. The third-order valence-electron chi connectivity index (χ3n) is 2.86. The number of thioether (sulfide) groups is 2. The lowest BCUT2D eigenvalue weighted by molar-refractivity contribution is -0.115. The molecule has 1 atom stereocenters. The molecule has 1 aromatic carbocycles. The number of methoxy groups -OCH3 is 2. The molecule has 0 aliphatic heterocycles. The van der Waals surface area contributed by atoms with Gasteiger partial charge in [0.1, 0.15) is 0 Å². The Kier molecular flexibility index (Phi) is 6.55. The van der Waals surface area contributed by atoms with Crippen molar-refractivity contribution in [2.75, 3.05) is 25.8 Å². The SMILES string of the molecule is COc1ccc(NC(=O)C(C)Sc2nnc(SC)s2)cc1OC. The van der Waals surface area contributed by atoms with Gasteiger partial charge in [-0.2, -0.15) is 0 Å². The number of hydrogen-bond acceptors (Lipinski definition) is 8. The van der Waals surface area contributed by atoms with Crippen LogP contribution in [0.3, 0.4) is 0 Å². The maximum Gasteiger partial charge on any atom is 0.237 e. The second-order valence-corrected chi connectivity index (χ2v) is 7.98. The number of carbonyl (C=O) groups is 1. The Bertz CT molecular complexity index is 678. The maximum atomic E-state index is 12.3. The van der Waals surface area contributed by atoms with Crippen molar-refractivity contribution in [3.63, 3.8) is 0 Å². The Morgan fingerprint density at radius 3 is 2.52 bits per heavy atom. The van der Waals surface area contributed by atoms with Gasteiger partial charge in [-0.1, -0.05) is 34.9 Å². The summed E-state index contributed by atoms with van der Waals surface area (Å²) in [6.45, 7) is 1.83. The van der Waals surface area contributed by atoms with Crippen LogP contribution in [0, 0.1) is 0 Å². The molecule has 23 heavy (non-hydrogen) atoms. The van der Waals surface area contributed by atoms with E-state index in [0.717, 1.165) is 8.68 Å². The van der Waals surface area contributed by atoms with Crippen molar-refractivity contribution in [1.29, 1.82) is 0 Å². The molecule has 124 valence electrons. The smallest absolute Gasteiger partial charge is 0.237 e. The van der Waals surface area contributed by atoms with Crippen molar-refractivity contribution in [3.8, 4) is 11.5 Å². The number of ether oxygens (including phenoxy) is 2. The van der Waals surface area contributed by atoms with Crippen molar-refractivity contribution in [1.82, 2.24) is 10.2 Å². The average Bonchev–Trinajstić information content (AvgIpc) is 3.02. The summed E-state index contributed by atoms with van der Waals surface area (Å²) in [4.78, 5) is 12.3. The summed E-state index contributed by atoms with van der Waals surface area (Å²) >= 11 is 4.41. The van der Waals surface area contributed by atoms with E-state index in [1.807, 2.05) is 13.2 Å². The van der Waals surface area contributed by atoms with Crippen LogP contribution in [0.15, 0.2) is 26.9 Å². The Labute approximate surface area is 147 Å². The van der Waals surface area contributed by atoms with Gasteiger partial charge in [0.05, 0.1) is 19.5 Å². The molecule has 1 unspecified atom stereocenters. The van der Waals surface area contributed by atoms with Gasteiger partial charge < -0.3 is 14.8 Å². The molecule has 0 aliphatic rings. The minimum Gasteiger partial charge on any atom is -0.493 e. The highest BCUT2D eigenvalue weighted by atomic mass is 32.2. The minimum absolute atomic E-state index is 0.108. The van der Waals surface area contributed by atoms with Crippen LogP contribution < -0.4 is 14.8 Å². The van der Waals surface area contributed by atoms with Crippen molar-refractivity contribution in [2.24, 2.45) is 0 Å². The Balaban J connectivity index is 2.00. The van der Waals surface area contributed by atoms with Crippen LogP contribution >= 0.6 is 34.9 Å². The molecule has 2 rings (SSSR count). The first-order chi connectivity index (χ1) is 11.1.